The van der Waals surface area contributed by atoms with Gasteiger partial charge in [-0.05, 0) is 19.1 Å². The smallest absolute Gasteiger partial charge is 0.334 e. The molecule has 0 unspecified atom stereocenters. The van der Waals surface area contributed by atoms with Crippen LogP contribution >= 0.6 is 11.8 Å². The average molecular weight is 247 g/mol. The van der Waals surface area contributed by atoms with Crippen molar-refractivity contribution >= 4 is 17.7 Å². The summed E-state index contributed by atoms with van der Waals surface area (Å²) >= 11 is 1.78. The third-order valence-corrected chi connectivity index (χ3v) is 2.84. The largest absolute Gasteiger partial charge is 0.463 e. The highest BCUT2D eigenvalue weighted by molar-refractivity contribution is 7.99. The number of ether oxygens (including phenoxy) is 1. The maximum Gasteiger partial charge on any atom is 0.334 e. The van der Waals surface area contributed by atoms with E-state index < -0.39 is 0 Å². The Morgan fingerprint density at radius 2 is 2.25 bits per heavy atom. The molecule has 0 aromatic heterocycles. The van der Waals surface area contributed by atoms with E-state index in [1.54, 1.807) is 18.7 Å². The minimum Gasteiger partial charge on any atom is -0.463 e. The second-order valence-corrected chi connectivity index (χ2v) is 4.42. The minimum absolute atomic E-state index is 0.250. The number of rotatable bonds is 10. The fourth-order valence-corrected chi connectivity index (χ4v) is 1.78. The zero-order valence-corrected chi connectivity index (χ0v) is 10.6. The highest BCUT2D eigenvalue weighted by Crippen LogP contribution is 2.00. The number of nitrogens with one attached hydrogen (secondary N) is 1. The molecule has 0 saturated heterocycles. The molecule has 0 atom stereocenters. The SMILES string of the molecule is C=C(CNCCSCCCO)C(=O)OCC. The molecule has 0 spiro atoms. The number of aliphatic hydroxyl groups is 1. The zero-order valence-electron chi connectivity index (χ0n) is 9.83. The molecule has 0 fully saturated rings. The summed E-state index contributed by atoms with van der Waals surface area (Å²) in [5, 5.41) is 11.7. The highest BCUT2D eigenvalue weighted by Gasteiger charge is 2.05. The second kappa shape index (κ2) is 11.0. The van der Waals surface area contributed by atoms with Crippen molar-refractivity contribution in [1.82, 2.24) is 5.32 Å². The Bertz CT molecular complexity index is 209. The van der Waals surface area contributed by atoms with Crippen LogP contribution in [0.25, 0.3) is 0 Å². The maximum absolute atomic E-state index is 11.2. The van der Waals surface area contributed by atoms with Gasteiger partial charge in [0.15, 0.2) is 0 Å². The monoisotopic (exact) mass is 247 g/mol. The summed E-state index contributed by atoms with van der Waals surface area (Å²) in [6.07, 6.45) is 0.834. The van der Waals surface area contributed by atoms with Gasteiger partial charge in [-0.2, -0.15) is 11.8 Å². The van der Waals surface area contributed by atoms with Gasteiger partial charge in [-0.25, -0.2) is 4.79 Å². The lowest BCUT2D eigenvalue weighted by Gasteiger charge is -2.06. The van der Waals surface area contributed by atoms with E-state index in [1.165, 1.54) is 0 Å². The van der Waals surface area contributed by atoms with E-state index in [-0.39, 0.29) is 12.6 Å². The molecule has 4 nitrogen and oxygen atoms in total. The molecule has 0 amide bonds. The highest BCUT2D eigenvalue weighted by atomic mass is 32.2. The predicted octanol–water partition coefficient (Wildman–Crippen LogP) is 0.811. The molecule has 0 aromatic rings. The molecule has 0 aromatic carbocycles. The lowest BCUT2D eigenvalue weighted by Crippen LogP contribution is -2.24. The van der Waals surface area contributed by atoms with Gasteiger partial charge in [0.05, 0.1) is 6.61 Å². The molecule has 0 radical (unpaired) electrons. The number of thioether (sulfide) groups is 1. The Morgan fingerprint density at radius 1 is 1.50 bits per heavy atom. The summed E-state index contributed by atoms with van der Waals surface area (Å²) in [7, 11) is 0. The van der Waals surface area contributed by atoms with Crippen molar-refractivity contribution in [3.63, 3.8) is 0 Å². The van der Waals surface area contributed by atoms with Crippen LogP contribution in [-0.2, 0) is 9.53 Å². The molecule has 16 heavy (non-hydrogen) atoms. The Kier molecular flexibility index (Phi) is 10.6. The van der Waals surface area contributed by atoms with Crippen LogP contribution in [0.1, 0.15) is 13.3 Å². The molecule has 0 rings (SSSR count). The van der Waals surface area contributed by atoms with Crippen LogP contribution in [0.5, 0.6) is 0 Å². The van der Waals surface area contributed by atoms with Crippen molar-refractivity contribution in [1.29, 1.82) is 0 Å². The number of hydrogen-bond donors (Lipinski definition) is 2. The maximum atomic E-state index is 11.2. The Hall–Kier alpha value is -0.520. The second-order valence-electron chi connectivity index (χ2n) is 3.19. The van der Waals surface area contributed by atoms with Gasteiger partial charge in [0.25, 0.3) is 0 Å². The summed E-state index contributed by atoms with van der Waals surface area (Å²) in [6.45, 7) is 7.35. The first-order valence-electron chi connectivity index (χ1n) is 5.46. The first-order valence-corrected chi connectivity index (χ1v) is 6.62. The summed E-state index contributed by atoms with van der Waals surface area (Å²) in [6, 6.07) is 0. The quantitative estimate of drug-likeness (QED) is 0.340. The van der Waals surface area contributed by atoms with Gasteiger partial charge in [-0.1, -0.05) is 6.58 Å². The number of carbonyl (C=O) groups excluding carboxylic acids is 1. The van der Waals surface area contributed by atoms with Crippen LogP contribution in [0.3, 0.4) is 0 Å². The molecular formula is C11H21NO3S. The van der Waals surface area contributed by atoms with Crippen LogP contribution in [0.2, 0.25) is 0 Å². The van der Waals surface area contributed by atoms with Crippen LogP contribution in [-0.4, -0.2) is 48.9 Å². The Morgan fingerprint density at radius 3 is 2.88 bits per heavy atom. The van der Waals surface area contributed by atoms with Crippen LogP contribution < -0.4 is 5.32 Å². The van der Waals surface area contributed by atoms with Gasteiger partial charge in [0.1, 0.15) is 0 Å². The van der Waals surface area contributed by atoms with E-state index in [2.05, 4.69) is 11.9 Å². The summed E-state index contributed by atoms with van der Waals surface area (Å²) in [4.78, 5) is 11.2. The Labute approximate surface area is 101 Å². The number of carbonyl (C=O) groups is 1. The molecule has 5 heteroatoms. The third-order valence-electron chi connectivity index (χ3n) is 1.77. The van der Waals surface area contributed by atoms with Crippen molar-refractivity contribution in [3.05, 3.63) is 12.2 Å². The summed E-state index contributed by atoms with van der Waals surface area (Å²) in [5.74, 6) is 1.61. The van der Waals surface area contributed by atoms with E-state index in [0.29, 0.717) is 18.7 Å². The van der Waals surface area contributed by atoms with Crippen molar-refractivity contribution in [2.45, 2.75) is 13.3 Å². The molecule has 94 valence electrons. The lowest BCUT2D eigenvalue weighted by atomic mass is 10.3. The van der Waals surface area contributed by atoms with E-state index in [4.69, 9.17) is 9.84 Å². The topological polar surface area (TPSA) is 58.6 Å². The average Bonchev–Trinajstić information content (AvgIpc) is 2.28. The van der Waals surface area contributed by atoms with E-state index in [1.807, 2.05) is 0 Å². The Balaban J connectivity index is 3.31. The number of aliphatic hydroxyl groups excluding tert-OH is 1. The first kappa shape index (κ1) is 15.5. The van der Waals surface area contributed by atoms with Crippen molar-refractivity contribution in [3.8, 4) is 0 Å². The molecule has 0 heterocycles. The van der Waals surface area contributed by atoms with Crippen molar-refractivity contribution in [2.24, 2.45) is 0 Å². The molecule has 0 aliphatic heterocycles. The van der Waals surface area contributed by atoms with Crippen molar-refractivity contribution < 1.29 is 14.6 Å². The molecular weight excluding hydrogens is 226 g/mol. The van der Waals surface area contributed by atoms with Crippen LogP contribution in [0.4, 0.5) is 0 Å². The summed E-state index contributed by atoms with van der Waals surface area (Å²) < 4.78 is 4.80. The molecule has 0 aliphatic rings. The number of hydrogen-bond acceptors (Lipinski definition) is 5. The molecule has 0 saturated carbocycles. The standard InChI is InChI=1S/C11H21NO3S/c1-3-15-11(14)10(2)9-12-5-8-16-7-4-6-13/h12-13H,2-9H2,1H3. The van der Waals surface area contributed by atoms with E-state index in [9.17, 15) is 4.79 Å². The van der Waals surface area contributed by atoms with Gasteiger partial charge in [-0.15, -0.1) is 0 Å². The van der Waals surface area contributed by atoms with Gasteiger partial charge in [-0.3, -0.25) is 0 Å². The van der Waals surface area contributed by atoms with Gasteiger partial charge < -0.3 is 15.2 Å². The van der Waals surface area contributed by atoms with Crippen LogP contribution in [0, 0.1) is 0 Å². The van der Waals surface area contributed by atoms with Crippen LogP contribution in [0.15, 0.2) is 12.2 Å². The van der Waals surface area contributed by atoms with Gasteiger partial charge in [0, 0.05) is 31.0 Å². The lowest BCUT2D eigenvalue weighted by molar-refractivity contribution is -0.138. The van der Waals surface area contributed by atoms with E-state index >= 15 is 0 Å². The fourth-order valence-electron chi connectivity index (χ4n) is 0.958. The molecule has 0 aliphatic carbocycles. The van der Waals surface area contributed by atoms with Gasteiger partial charge >= 0.3 is 5.97 Å². The molecule has 0 bridgehead atoms. The van der Waals surface area contributed by atoms with Crippen molar-refractivity contribution in [2.75, 3.05) is 37.8 Å². The minimum atomic E-state index is -0.331. The van der Waals surface area contributed by atoms with Gasteiger partial charge in [0.2, 0.25) is 0 Å². The zero-order chi connectivity index (χ0) is 12.2. The number of esters is 1. The fraction of sp³-hybridized carbons (Fsp3) is 0.727. The predicted molar refractivity (Wildman–Crippen MR) is 67.7 cm³/mol. The molecule has 2 N–H and O–H groups in total. The normalized spacial score (nSPS) is 10.1. The summed E-state index contributed by atoms with van der Waals surface area (Å²) in [5.41, 5.74) is 0.460. The van der Waals surface area contributed by atoms with E-state index in [0.717, 1.165) is 24.5 Å². The first-order chi connectivity index (χ1) is 7.72. The third kappa shape index (κ3) is 8.76.